The van der Waals surface area contributed by atoms with Crippen LogP contribution in [-0.4, -0.2) is 16.0 Å². The van der Waals surface area contributed by atoms with Gasteiger partial charge in [0.1, 0.15) is 0 Å². The Morgan fingerprint density at radius 3 is 2.40 bits per heavy atom. The number of anilines is 1. The van der Waals surface area contributed by atoms with Crippen LogP contribution in [0.3, 0.4) is 0 Å². The van der Waals surface area contributed by atoms with Crippen LogP contribution in [0, 0.1) is 10.1 Å². The van der Waals surface area contributed by atoms with Gasteiger partial charge in [0.25, 0.3) is 5.69 Å². The van der Waals surface area contributed by atoms with Gasteiger partial charge in [0.05, 0.1) is 36.1 Å². The molecule has 0 atom stereocenters. The third-order valence-corrected chi connectivity index (χ3v) is 6.16. The van der Waals surface area contributed by atoms with Gasteiger partial charge in [0, 0.05) is 17.5 Å². The van der Waals surface area contributed by atoms with Crippen molar-refractivity contribution in [2.24, 2.45) is 0 Å². The van der Waals surface area contributed by atoms with Gasteiger partial charge in [-0.3, -0.25) is 10.1 Å². The summed E-state index contributed by atoms with van der Waals surface area (Å²) < 4.78 is 0. The van der Waals surface area contributed by atoms with Gasteiger partial charge in [-0.1, -0.05) is 52.6 Å². The van der Waals surface area contributed by atoms with E-state index in [1.54, 1.807) is 30.3 Å². The second kappa shape index (κ2) is 9.57. The lowest BCUT2D eigenvalue weighted by molar-refractivity contribution is -0.387. The first-order valence-electron chi connectivity index (χ1n) is 8.41. The maximum Gasteiger partial charge on any atom is 0.335 e. The summed E-state index contributed by atoms with van der Waals surface area (Å²) in [5, 5.41) is 24.8. The Kier molecular flexibility index (Phi) is 7.10. The summed E-state index contributed by atoms with van der Waals surface area (Å²) in [5.41, 5.74) is 1.09. The molecule has 0 amide bonds. The molecule has 0 aromatic heterocycles. The zero-order chi connectivity index (χ0) is 21.8. The Morgan fingerprint density at radius 2 is 1.73 bits per heavy atom. The Morgan fingerprint density at radius 1 is 1.00 bits per heavy atom. The summed E-state index contributed by atoms with van der Waals surface area (Å²) in [5.74, 6) is -1.07. The fourth-order valence-corrected chi connectivity index (χ4v) is 4.05. The molecule has 0 bridgehead atoms. The number of carbonyl (C=O) groups is 1. The number of aromatic carboxylic acids is 1. The molecule has 0 spiro atoms. The molecular formula is C20H13Cl3N2O4S. The van der Waals surface area contributed by atoms with E-state index in [4.69, 9.17) is 39.9 Å². The van der Waals surface area contributed by atoms with E-state index in [9.17, 15) is 14.9 Å². The molecule has 0 aliphatic rings. The summed E-state index contributed by atoms with van der Waals surface area (Å²) in [6, 6.07) is 14.1. The quantitative estimate of drug-likeness (QED) is 0.277. The van der Waals surface area contributed by atoms with Crippen LogP contribution in [0.4, 0.5) is 11.4 Å². The van der Waals surface area contributed by atoms with Crippen molar-refractivity contribution >= 4 is 63.9 Å². The highest BCUT2D eigenvalue weighted by Gasteiger charge is 2.17. The van der Waals surface area contributed by atoms with Crippen molar-refractivity contribution in [2.75, 3.05) is 5.32 Å². The molecule has 30 heavy (non-hydrogen) atoms. The molecular weight excluding hydrogens is 471 g/mol. The maximum atomic E-state index is 11.6. The highest BCUT2D eigenvalue weighted by atomic mass is 35.5. The van der Waals surface area contributed by atoms with Crippen molar-refractivity contribution in [3.05, 3.63) is 90.9 Å². The molecule has 3 aromatic rings. The van der Waals surface area contributed by atoms with Gasteiger partial charge in [-0.15, -0.1) is 0 Å². The molecule has 3 rings (SSSR count). The van der Waals surface area contributed by atoms with Crippen molar-refractivity contribution in [3.63, 3.8) is 0 Å². The summed E-state index contributed by atoms with van der Waals surface area (Å²) in [7, 11) is 0. The van der Waals surface area contributed by atoms with E-state index < -0.39 is 10.9 Å². The SMILES string of the molecule is O=C(O)c1ccc(Cl)c(NCc2ccc(Sc3ccc(Cl)c(Cl)c3)c([N+](=O)[O-])c2)c1. The Balaban J connectivity index is 1.81. The zero-order valence-corrected chi connectivity index (χ0v) is 18.1. The topological polar surface area (TPSA) is 92.5 Å². The van der Waals surface area contributed by atoms with E-state index in [0.29, 0.717) is 31.2 Å². The molecule has 0 aliphatic carbocycles. The molecule has 0 saturated carbocycles. The largest absolute Gasteiger partial charge is 0.478 e. The first-order chi connectivity index (χ1) is 14.2. The third-order valence-electron chi connectivity index (χ3n) is 4.04. The summed E-state index contributed by atoms with van der Waals surface area (Å²) >= 11 is 19.2. The van der Waals surface area contributed by atoms with Crippen LogP contribution in [0.5, 0.6) is 0 Å². The molecule has 3 aromatic carbocycles. The molecule has 0 radical (unpaired) electrons. The number of nitrogens with zero attached hydrogens (tertiary/aromatic N) is 1. The number of nitro groups is 1. The van der Waals surface area contributed by atoms with E-state index in [2.05, 4.69) is 5.32 Å². The molecule has 0 saturated heterocycles. The van der Waals surface area contributed by atoms with Crippen LogP contribution in [0.25, 0.3) is 0 Å². The molecule has 0 aliphatic heterocycles. The van der Waals surface area contributed by atoms with E-state index in [0.717, 1.165) is 4.90 Å². The number of carboxylic acids is 1. The number of hydrogen-bond acceptors (Lipinski definition) is 5. The van der Waals surface area contributed by atoms with Gasteiger partial charge in [-0.2, -0.15) is 0 Å². The smallest absolute Gasteiger partial charge is 0.335 e. The minimum Gasteiger partial charge on any atom is -0.478 e. The van der Waals surface area contributed by atoms with Crippen molar-refractivity contribution in [1.29, 1.82) is 0 Å². The van der Waals surface area contributed by atoms with Gasteiger partial charge in [-0.05, 0) is 48.0 Å². The van der Waals surface area contributed by atoms with Crippen molar-refractivity contribution < 1.29 is 14.8 Å². The molecule has 10 heteroatoms. The number of benzene rings is 3. The predicted molar refractivity (Wildman–Crippen MR) is 119 cm³/mol. The van der Waals surface area contributed by atoms with Gasteiger partial charge < -0.3 is 10.4 Å². The van der Waals surface area contributed by atoms with Crippen molar-refractivity contribution in [3.8, 4) is 0 Å². The summed E-state index contributed by atoms with van der Waals surface area (Å²) in [6.45, 7) is 0.224. The first-order valence-corrected chi connectivity index (χ1v) is 10.4. The molecule has 6 nitrogen and oxygen atoms in total. The standard InChI is InChI=1S/C20H13Cl3N2O4S/c21-14-5-3-13(9-16(14)23)30-19-6-1-11(7-18(19)25(28)29)10-24-17-8-12(20(26)27)2-4-15(17)22/h1-9,24H,10H2,(H,26,27). The third kappa shape index (κ3) is 5.37. The number of carboxylic acid groups (broad SMARTS) is 1. The minimum atomic E-state index is -1.07. The highest BCUT2D eigenvalue weighted by Crippen LogP contribution is 2.37. The lowest BCUT2D eigenvalue weighted by Gasteiger charge is -2.11. The molecule has 0 unspecified atom stereocenters. The van der Waals surface area contributed by atoms with E-state index in [1.807, 2.05) is 0 Å². The van der Waals surface area contributed by atoms with E-state index >= 15 is 0 Å². The number of halogens is 3. The highest BCUT2D eigenvalue weighted by molar-refractivity contribution is 7.99. The number of nitro benzene ring substituents is 1. The molecule has 154 valence electrons. The second-order valence-corrected chi connectivity index (χ2v) is 8.43. The average molecular weight is 484 g/mol. The van der Waals surface area contributed by atoms with Gasteiger partial charge in [0.2, 0.25) is 0 Å². The maximum absolute atomic E-state index is 11.6. The zero-order valence-electron chi connectivity index (χ0n) is 15.1. The lowest BCUT2D eigenvalue weighted by atomic mass is 10.1. The molecule has 2 N–H and O–H groups in total. The predicted octanol–water partition coefficient (Wildman–Crippen LogP) is 7.02. The Labute approximate surface area is 190 Å². The summed E-state index contributed by atoms with van der Waals surface area (Å²) in [6.07, 6.45) is 0. The fraction of sp³-hybridized carbons (Fsp3) is 0.0500. The summed E-state index contributed by atoms with van der Waals surface area (Å²) in [4.78, 5) is 23.4. The van der Waals surface area contributed by atoms with Crippen LogP contribution >= 0.6 is 46.6 Å². The number of nitrogens with one attached hydrogen (secondary N) is 1. The van der Waals surface area contributed by atoms with Crippen LogP contribution in [0.1, 0.15) is 15.9 Å². The van der Waals surface area contributed by atoms with Crippen LogP contribution in [-0.2, 0) is 6.54 Å². The van der Waals surface area contributed by atoms with Crippen LogP contribution in [0.15, 0.2) is 64.4 Å². The monoisotopic (exact) mass is 482 g/mol. The van der Waals surface area contributed by atoms with E-state index in [-0.39, 0.29) is 17.8 Å². The van der Waals surface area contributed by atoms with E-state index in [1.165, 1.54) is 36.0 Å². The van der Waals surface area contributed by atoms with Crippen molar-refractivity contribution in [2.45, 2.75) is 16.3 Å². The first kappa shape index (κ1) is 22.2. The lowest BCUT2D eigenvalue weighted by Crippen LogP contribution is -2.03. The molecule has 0 fully saturated rings. The van der Waals surface area contributed by atoms with Gasteiger partial charge in [-0.25, -0.2) is 4.79 Å². The van der Waals surface area contributed by atoms with Gasteiger partial charge in [0.15, 0.2) is 0 Å². The minimum absolute atomic E-state index is 0.0595. The van der Waals surface area contributed by atoms with Crippen LogP contribution in [0.2, 0.25) is 15.1 Å². The number of hydrogen-bond donors (Lipinski definition) is 2. The number of rotatable bonds is 7. The van der Waals surface area contributed by atoms with Gasteiger partial charge >= 0.3 is 5.97 Å². The average Bonchev–Trinajstić information content (AvgIpc) is 2.70. The Hall–Kier alpha value is -2.45. The fourth-order valence-electron chi connectivity index (χ4n) is 2.56. The van der Waals surface area contributed by atoms with Crippen molar-refractivity contribution in [1.82, 2.24) is 0 Å². The normalized spacial score (nSPS) is 10.6. The van der Waals surface area contributed by atoms with Crippen LogP contribution < -0.4 is 5.32 Å². The Bertz CT molecular complexity index is 1140. The second-order valence-electron chi connectivity index (χ2n) is 6.09. The molecule has 0 heterocycles.